The summed E-state index contributed by atoms with van der Waals surface area (Å²) in [7, 11) is 3.76. The van der Waals surface area contributed by atoms with Gasteiger partial charge in [-0.15, -0.1) is 0 Å². The summed E-state index contributed by atoms with van der Waals surface area (Å²) in [5.74, 6) is 0.127. The van der Waals surface area contributed by atoms with Crippen molar-refractivity contribution in [2.45, 2.75) is 39.5 Å². The molecule has 136 valence electrons. The number of hydrazine groups is 1. The first-order chi connectivity index (χ1) is 12.2. The SMILES string of the molecule is Cc1ccccc1[C@@H]1C(C#N)=C(N)N(N(C)C)C2=C1C(=O)CC(C)(C)C2. The maximum absolute atomic E-state index is 13.2. The molecule has 0 radical (unpaired) electrons. The van der Waals surface area contributed by atoms with Gasteiger partial charge >= 0.3 is 0 Å². The highest BCUT2D eigenvalue weighted by atomic mass is 16.1. The summed E-state index contributed by atoms with van der Waals surface area (Å²) in [6.07, 6.45) is 1.22. The number of nitrogens with zero attached hydrogens (tertiary/aromatic N) is 3. The van der Waals surface area contributed by atoms with Crippen LogP contribution in [0.25, 0.3) is 0 Å². The normalized spacial score (nSPS) is 22.6. The van der Waals surface area contributed by atoms with E-state index in [1.54, 1.807) is 0 Å². The minimum atomic E-state index is -0.393. The van der Waals surface area contributed by atoms with Crippen molar-refractivity contribution in [3.05, 3.63) is 58.1 Å². The Hall–Kier alpha value is -2.58. The molecule has 1 aromatic carbocycles. The average Bonchev–Trinajstić information content (AvgIpc) is 2.52. The first-order valence-electron chi connectivity index (χ1n) is 8.87. The van der Waals surface area contributed by atoms with Gasteiger partial charge in [0.05, 0.1) is 17.6 Å². The third-order valence-corrected chi connectivity index (χ3v) is 5.25. The van der Waals surface area contributed by atoms with Crippen molar-refractivity contribution in [2.75, 3.05) is 14.1 Å². The lowest BCUT2D eigenvalue weighted by atomic mass is 9.68. The number of aryl methyl sites for hydroxylation is 1. The number of rotatable bonds is 2. The number of Topliss-reactive ketones (excluding diaryl/α,β-unsaturated/α-hetero) is 1. The maximum Gasteiger partial charge on any atom is 0.162 e. The third kappa shape index (κ3) is 2.81. The van der Waals surface area contributed by atoms with Crippen LogP contribution in [0.2, 0.25) is 0 Å². The van der Waals surface area contributed by atoms with Crippen molar-refractivity contribution >= 4 is 5.78 Å². The highest BCUT2D eigenvalue weighted by Crippen LogP contribution is 2.49. The largest absolute Gasteiger partial charge is 0.383 e. The number of carbonyl (C=O) groups excluding carboxylic acids is 1. The Bertz CT molecular complexity index is 870. The standard InChI is InChI=1S/C21H26N4O/c1-13-8-6-7-9-14(13)18-15(12-22)20(23)25(24(4)5)16-10-21(2,3)11-17(26)19(16)18/h6-9,18H,10-11,23H2,1-5H3/t18-/m1/s1. The van der Waals surface area contributed by atoms with Gasteiger partial charge in [-0.25, -0.2) is 5.01 Å². The second-order valence-corrected chi connectivity index (χ2v) is 8.16. The number of nitriles is 1. The van der Waals surface area contributed by atoms with E-state index in [1.807, 2.05) is 55.3 Å². The number of hydrogen-bond donors (Lipinski definition) is 1. The second-order valence-electron chi connectivity index (χ2n) is 8.16. The molecule has 1 atom stereocenters. The molecule has 3 rings (SSSR count). The van der Waals surface area contributed by atoms with Crippen molar-refractivity contribution in [1.82, 2.24) is 10.0 Å². The molecule has 0 unspecified atom stereocenters. The number of allylic oxidation sites excluding steroid dienone is 3. The molecule has 1 aliphatic heterocycles. The van der Waals surface area contributed by atoms with Crippen molar-refractivity contribution in [3.8, 4) is 6.07 Å². The number of hydrogen-bond acceptors (Lipinski definition) is 5. The summed E-state index contributed by atoms with van der Waals surface area (Å²) >= 11 is 0. The van der Waals surface area contributed by atoms with Crippen LogP contribution in [0.4, 0.5) is 0 Å². The molecule has 2 N–H and O–H groups in total. The van der Waals surface area contributed by atoms with Gasteiger partial charge in [-0.2, -0.15) is 5.26 Å². The van der Waals surface area contributed by atoms with Crippen LogP contribution < -0.4 is 5.73 Å². The maximum atomic E-state index is 13.2. The van der Waals surface area contributed by atoms with Gasteiger partial charge in [0.2, 0.25) is 0 Å². The zero-order valence-corrected chi connectivity index (χ0v) is 16.1. The third-order valence-electron chi connectivity index (χ3n) is 5.25. The predicted molar refractivity (Wildman–Crippen MR) is 101 cm³/mol. The summed E-state index contributed by atoms with van der Waals surface area (Å²) in [5, 5.41) is 13.6. The van der Waals surface area contributed by atoms with E-state index in [9.17, 15) is 10.1 Å². The zero-order chi connectivity index (χ0) is 19.2. The van der Waals surface area contributed by atoms with E-state index < -0.39 is 5.92 Å². The quantitative estimate of drug-likeness (QED) is 0.886. The van der Waals surface area contributed by atoms with Crippen LogP contribution in [0.3, 0.4) is 0 Å². The predicted octanol–water partition coefficient (Wildman–Crippen LogP) is 3.21. The van der Waals surface area contributed by atoms with E-state index >= 15 is 0 Å². The van der Waals surface area contributed by atoms with Crippen molar-refractivity contribution < 1.29 is 4.79 Å². The molecule has 0 saturated carbocycles. The summed E-state index contributed by atoms with van der Waals surface area (Å²) in [6.45, 7) is 6.21. The number of carbonyl (C=O) groups is 1. The van der Waals surface area contributed by atoms with Crippen LogP contribution in [0.1, 0.15) is 43.7 Å². The molecule has 5 nitrogen and oxygen atoms in total. The van der Waals surface area contributed by atoms with Gasteiger partial charge < -0.3 is 5.73 Å². The molecule has 26 heavy (non-hydrogen) atoms. The molecule has 5 heteroatoms. The Morgan fingerprint density at radius 1 is 1.27 bits per heavy atom. The molecule has 0 bridgehead atoms. The summed E-state index contributed by atoms with van der Waals surface area (Å²) in [4.78, 5) is 13.2. The highest BCUT2D eigenvalue weighted by molar-refractivity contribution is 6.00. The molecular formula is C21H26N4O. The smallest absolute Gasteiger partial charge is 0.162 e. The van der Waals surface area contributed by atoms with Crippen LogP contribution >= 0.6 is 0 Å². The first-order valence-corrected chi connectivity index (χ1v) is 8.87. The van der Waals surface area contributed by atoms with Crippen LogP contribution in [0.5, 0.6) is 0 Å². The summed E-state index contributed by atoms with van der Waals surface area (Å²) in [6, 6.07) is 10.2. The average molecular weight is 350 g/mol. The van der Waals surface area contributed by atoms with Crippen LogP contribution in [-0.4, -0.2) is 29.9 Å². The van der Waals surface area contributed by atoms with Gasteiger partial charge in [-0.3, -0.25) is 9.80 Å². The minimum Gasteiger partial charge on any atom is -0.383 e. The van der Waals surface area contributed by atoms with Crippen molar-refractivity contribution in [3.63, 3.8) is 0 Å². The Morgan fingerprint density at radius 2 is 1.92 bits per heavy atom. The lowest BCUT2D eigenvalue weighted by Crippen LogP contribution is -2.47. The van der Waals surface area contributed by atoms with Gasteiger partial charge in [-0.05, 0) is 29.9 Å². The van der Waals surface area contributed by atoms with Gasteiger partial charge in [0.25, 0.3) is 0 Å². The van der Waals surface area contributed by atoms with E-state index in [2.05, 4.69) is 19.9 Å². The lowest BCUT2D eigenvalue weighted by molar-refractivity contribution is -0.119. The highest BCUT2D eigenvalue weighted by Gasteiger charge is 2.45. The molecule has 2 aliphatic rings. The van der Waals surface area contributed by atoms with Gasteiger partial charge in [0.1, 0.15) is 5.82 Å². The molecule has 1 heterocycles. The second kappa shape index (κ2) is 6.30. The fourth-order valence-corrected chi connectivity index (χ4v) is 4.17. The van der Waals surface area contributed by atoms with E-state index in [-0.39, 0.29) is 11.2 Å². The minimum absolute atomic E-state index is 0.108. The van der Waals surface area contributed by atoms with Crippen LogP contribution in [0.15, 0.2) is 46.9 Å². The number of benzene rings is 1. The van der Waals surface area contributed by atoms with E-state index in [0.717, 1.165) is 28.8 Å². The van der Waals surface area contributed by atoms with Gasteiger partial charge in [-0.1, -0.05) is 38.1 Å². The van der Waals surface area contributed by atoms with E-state index in [1.165, 1.54) is 0 Å². The van der Waals surface area contributed by atoms with Gasteiger partial charge in [0, 0.05) is 31.8 Å². The molecule has 0 aromatic heterocycles. The van der Waals surface area contributed by atoms with Gasteiger partial charge in [0.15, 0.2) is 5.78 Å². The zero-order valence-electron chi connectivity index (χ0n) is 16.1. The Morgan fingerprint density at radius 3 is 2.50 bits per heavy atom. The van der Waals surface area contributed by atoms with Crippen molar-refractivity contribution in [1.29, 1.82) is 5.26 Å². The van der Waals surface area contributed by atoms with E-state index in [4.69, 9.17) is 5.73 Å². The molecule has 0 amide bonds. The lowest BCUT2D eigenvalue weighted by Gasteiger charge is -2.45. The Balaban J connectivity index is 2.32. The van der Waals surface area contributed by atoms with E-state index in [0.29, 0.717) is 17.8 Å². The summed E-state index contributed by atoms with van der Waals surface area (Å²) in [5.41, 5.74) is 10.4. The monoisotopic (exact) mass is 350 g/mol. The Labute approximate surface area is 155 Å². The number of ketones is 1. The molecule has 1 aromatic rings. The molecule has 0 fully saturated rings. The summed E-state index contributed by atoms with van der Waals surface area (Å²) < 4.78 is 0. The fraction of sp³-hybridized carbons (Fsp3) is 0.429. The topological polar surface area (TPSA) is 73.4 Å². The Kier molecular flexibility index (Phi) is 4.41. The molecular weight excluding hydrogens is 324 g/mol. The number of nitrogens with two attached hydrogens (primary N) is 1. The van der Waals surface area contributed by atoms with Crippen LogP contribution in [-0.2, 0) is 4.79 Å². The molecule has 0 spiro atoms. The first kappa shape index (κ1) is 18.2. The van der Waals surface area contributed by atoms with Crippen LogP contribution in [0, 0.1) is 23.7 Å². The fourth-order valence-electron chi connectivity index (χ4n) is 4.17. The molecule has 1 aliphatic carbocycles. The van der Waals surface area contributed by atoms with Crippen molar-refractivity contribution in [2.24, 2.45) is 11.1 Å². The molecule has 0 saturated heterocycles.